The lowest BCUT2D eigenvalue weighted by Gasteiger charge is -2.36. The molecule has 1 aliphatic rings. The largest absolute Gasteiger partial charge is 0.465 e. The minimum atomic E-state index is -1.02. The third-order valence-electron chi connectivity index (χ3n) is 6.16. The van der Waals surface area contributed by atoms with Gasteiger partial charge in [0.1, 0.15) is 6.04 Å². The van der Waals surface area contributed by atoms with Gasteiger partial charge in [-0.15, -0.1) is 0 Å². The molecule has 1 heterocycles. The van der Waals surface area contributed by atoms with Crippen LogP contribution in [0.2, 0.25) is 0 Å². The minimum Gasteiger partial charge on any atom is -0.465 e. The summed E-state index contributed by atoms with van der Waals surface area (Å²) in [6.07, 6.45) is 0.960. The third kappa shape index (κ3) is 5.21. The Morgan fingerprint density at radius 1 is 1.00 bits per heavy atom. The van der Waals surface area contributed by atoms with Gasteiger partial charge in [-0.05, 0) is 34.9 Å². The highest BCUT2D eigenvalue weighted by Gasteiger charge is 2.34. The van der Waals surface area contributed by atoms with Gasteiger partial charge in [0.15, 0.2) is 11.6 Å². The highest BCUT2D eigenvalue weighted by atomic mass is 19.2. The maximum absolute atomic E-state index is 14.5. The average Bonchev–Trinajstić information content (AvgIpc) is 2.89. The summed E-state index contributed by atoms with van der Waals surface area (Å²) in [5.41, 5.74) is 2.98. The van der Waals surface area contributed by atoms with Crippen LogP contribution in [0.25, 0.3) is 0 Å². The lowest BCUT2D eigenvalue weighted by atomic mass is 9.93. The zero-order valence-corrected chi connectivity index (χ0v) is 19.1. The summed E-state index contributed by atoms with van der Waals surface area (Å²) in [5.74, 6) is -2.90. The number of carbonyl (C=O) groups excluding carboxylic acids is 3. The lowest BCUT2D eigenvalue weighted by Crippen LogP contribution is -2.50. The van der Waals surface area contributed by atoms with Crippen LogP contribution in [0.4, 0.5) is 8.78 Å². The Kier molecular flexibility index (Phi) is 7.19. The van der Waals surface area contributed by atoms with Crippen molar-refractivity contribution in [2.45, 2.75) is 32.1 Å². The van der Waals surface area contributed by atoms with E-state index in [1.807, 2.05) is 24.3 Å². The van der Waals surface area contributed by atoms with Crippen LogP contribution in [0.5, 0.6) is 0 Å². The van der Waals surface area contributed by atoms with Crippen molar-refractivity contribution in [1.29, 1.82) is 0 Å². The quantitative estimate of drug-likeness (QED) is 0.382. The van der Waals surface area contributed by atoms with Crippen LogP contribution in [-0.2, 0) is 40.4 Å². The molecule has 0 saturated carbocycles. The first-order chi connectivity index (χ1) is 16.9. The van der Waals surface area contributed by atoms with Crippen LogP contribution in [-0.4, -0.2) is 41.2 Å². The van der Waals surface area contributed by atoms with Crippen LogP contribution in [0, 0.1) is 11.6 Å². The fourth-order valence-corrected chi connectivity index (χ4v) is 4.27. The Labute approximate surface area is 201 Å². The molecule has 0 radical (unpaired) electrons. The SMILES string of the molecule is COC(=O)c1ccc(CN(Cc2cccc(F)c2F)C(=O)C2Cc3ccccc3CN2C=O)cc1. The number of esters is 1. The first-order valence-electron chi connectivity index (χ1n) is 11.1. The molecule has 2 amide bonds. The molecular formula is C27H24F2N2O4. The van der Waals surface area contributed by atoms with E-state index in [4.69, 9.17) is 4.74 Å². The van der Waals surface area contributed by atoms with E-state index in [0.29, 0.717) is 24.0 Å². The van der Waals surface area contributed by atoms with Crippen molar-refractivity contribution >= 4 is 18.3 Å². The predicted octanol–water partition coefficient (Wildman–Crippen LogP) is 3.86. The molecule has 1 unspecified atom stereocenters. The summed E-state index contributed by atoms with van der Waals surface area (Å²) in [7, 11) is 1.28. The summed E-state index contributed by atoms with van der Waals surface area (Å²) >= 11 is 0. The first-order valence-corrected chi connectivity index (χ1v) is 11.1. The number of hydrogen-bond acceptors (Lipinski definition) is 4. The molecule has 0 spiro atoms. The number of carbonyl (C=O) groups is 3. The third-order valence-corrected chi connectivity index (χ3v) is 6.16. The van der Waals surface area contributed by atoms with Crippen LogP contribution in [0.3, 0.4) is 0 Å². The van der Waals surface area contributed by atoms with E-state index < -0.39 is 23.6 Å². The summed E-state index contributed by atoms with van der Waals surface area (Å²) < 4.78 is 33.1. The molecule has 1 atom stereocenters. The number of benzene rings is 3. The van der Waals surface area contributed by atoms with Crippen molar-refractivity contribution in [3.63, 3.8) is 0 Å². The number of rotatable bonds is 7. The number of amides is 2. The topological polar surface area (TPSA) is 66.9 Å². The van der Waals surface area contributed by atoms with E-state index in [1.54, 1.807) is 24.3 Å². The first kappa shape index (κ1) is 24.1. The van der Waals surface area contributed by atoms with Gasteiger partial charge in [-0.1, -0.05) is 48.5 Å². The average molecular weight is 478 g/mol. The Morgan fingerprint density at radius 2 is 1.71 bits per heavy atom. The molecule has 3 aromatic carbocycles. The van der Waals surface area contributed by atoms with Crippen molar-refractivity contribution in [3.8, 4) is 0 Å². The van der Waals surface area contributed by atoms with Crippen LogP contribution in [0.1, 0.15) is 32.6 Å². The molecule has 0 aromatic heterocycles. The van der Waals surface area contributed by atoms with Gasteiger partial charge in [0, 0.05) is 31.6 Å². The maximum atomic E-state index is 14.5. The van der Waals surface area contributed by atoms with E-state index in [1.165, 1.54) is 29.0 Å². The fraction of sp³-hybridized carbons (Fsp3) is 0.222. The van der Waals surface area contributed by atoms with Crippen LogP contribution >= 0.6 is 0 Å². The lowest BCUT2D eigenvalue weighted by molar-refractivity contribution is -0.143. The number of halogens is 2. The van der Waals surface area contributed by atoms with Crippen molar-refractivity contribution in [1.82, 2.24) is 9.80 Å². The van der Waals surface area contributed by atoms with Crippen molar-refractivity contribution in [2.24, 2.45) is 0 Å². The second kappa shape index (κ2) is 10.5. The smallest absolute Gasteiger partial charge is 0.337 e. The summed E-state index contributed by atoms with van der Waals surface area (Å²) in [6.45, 7) is 0.166. The molecule has 0 saturated heterocycles. The van der Waals surface area contributed by atoms with Gasteiger partial charge >= 0.3 is 5.97 Å². The predicted molar refractivity (Wildman–Crippen MR) is 124 cm³/mol. The Balaban J connectivity index is 1.65. The van der Waals surface area contributed by atoms with Gasteiger partial charge in [-0.3, -0.25) is 9.59 Å². The maximum Gasteiger partial charge on any atom is 0.337 e. The number of methoxy groups -OCH3 is 1. The number of ether oxygens (including phenoxy) is 1. The monoisotopic (exact) mass is 478 g/mol. The molecule has 1 aliphatic heterocycles. The second-order valence-corrected chi connectivity index (χ2v) is 8.36. The standard InChI is InChI=1S/C27H24F2N2O4/c1-35-27(34)19-11-9-18(10-12-19)14-30(16-22-7-4-8-23(28)25(22)29)26(33)24-13-20-5-2-3-6-21(20)15-31(24)17-32/h2-12,17,24H,13-16H2,1H3. The molecule has 180 valence electrons. The molecule has 0 aliphatic carbocycles. The van der Waals surface area contributed by atoms with E-state index >= 15 is 0 Å². The normalized spacial score (nSPS) is 14.7. The number of hydrogen-bond donors (Lipinski definition) is 0. The molecule has 4 rings (SSSR count). The van der Waals surface area contributed by atoms with Gasteiger partial charge in [0.25, 0.3) is 0 Å². The van der Waals surface area contributed by atoms with E-state index in [-0.39, 0.29) is 31.1 Å². The van der Waals surface area contributed by atoms with Gasteiger partial charge in [0.2, 0.25) is 12.3 Å². The van der Waals surface area contributed by atoms with Crippen LogP contribution in [0.15, 0.2) is 66.7 Å². The Hall–Kier alpha value is -4.07. The van der Waals surface area contributed by atoms with E-state index in [0.717, 1.165) is 17.2 Å². The fourth-order valence-electron chi connectivity index (χ4n) is 4.27. The summed E-state index contributed by atoms with van der Waals surface area (Å²) in [5, 5.41) is 0. The van der Waals surface area contributed by atoms with E-state index in [9.17, 15) is 23.2 Å². The van der Waals surface area contributed by atoms with Crippen molar-refractivity contribution in [2.75, 3.05) is 7.11 Å². The second-order valence-electron chi connectivity index (χ2n) is 8.36. The molecule has 3 aromatic rings. The highest BCUT2D eigenvalue weighted by molar-refractivity contribution is 5.89. The minimum absolute atomic E-state index is 0.0263. The molecule has 0 fully saturated rings. The zero-order valence-electron chi connectivity index (χ0n) is 19.1. The Morgan fingerprint density at radius 3 is 2.40 bits per heavy atom. The number of fused-ring (bicyclic) bond motifs is 1. The molecule has 0 bridgehead atoms. The van der Waals surface area contributed by atoms with Gasteiger partial charge < -0.3 is 14.5 Å². The van der Waals surface area contributed by atoms with Crippen molar-refractivity contribution in [3.05, 3.63) is 106 Å². The van der Waals surface area contributed by atoms with Gasteiger partial charge in [0.05, 0.1) is 12.7 Å². The van der Waals surface area contributed by atoms with E-state index in [2.05, 4.69) is 0 Å². The molecule has 35 heavy (non-hydrogen) atoms. The molecule has 0 N–H and O–H groups in total. The van der Waals surface area contributed by atoms with Gasteiger partial charge in [-0.2, -0.15) is 0 Å². The van der Waals surface area contributed by atoms with Gasteiger partial charge in [-0.25, -0.2) is 13.6 Å². The summed E-state index contributed by atoms with van der Waals surface area (Å²) in [6, 6.07) is 17.1. The number of nitrogens with zero attached hydrogens (tertiary/aromatic N) is 2. The zero-order chi connectivity index (χ0) is 24.9. The Bertz CT molecular complexity index is 1250. The van der Waals surface area contributed by atoms with Crippen LogP contribution < -0.4 is 0 Å². The molecule has 8 heteroatoms. The van der Waals surface area contributed by atoms with Crippen molar-refractivity contribution < 1.29 is 27.9 Å². The summed E-state index contributed by atoms with van der Waals surface area (Å²) in [4.78, 5) is 40.2. The molecular weight excluding hydrogens is 454 g/mol. The molecule has 6 nitrogen and oxygen atoms in total. The highest BCUT2D eigenvalue weighted by Crippen LogP contribution is 2.25.